The fraction of sp³-hybridized carbons (Fsp3) is 0.550. The monoisotopic (exact) mass is 381 g/mol. The summed E-state index contributed by atoms with van der Waals surface area (Å²) in [4.78, 5) is 36.9. The van der Waals surface area contributed by atoms with Crippen molar-refractivity contribution in [3.05, 3.63) is 36.4 Å². The minimum Gasteiger partial charge on any atom is -0.338 e. The first-order chi connectivity index (χ1) is 13.8. The number of nitrogens with zero attached hydrogens (tertiary/aromatic N) is 7. The first-order valence-corrected chi connectivity index (χ1v) is 10.2. The van der Waals surface area contributed by atoms with Crippen LogP contribution < -0.4 is 9.80 Å². The fourth-order valence-electron chi connectivity index (χ4n) is 4.02. The van der Waals surface area contributed by atoms with Crippen LogP contribution in [0.1, 0.15) is 43.1 Å². The maximum atomic E-state index is 13.0. The van der Waals surface area contributed by atoms with Gasteiger partial charge in [0.1, 0.15) is 5.69 Å². The van der Waals surface area contributed by atoms with Crippen LogP contribution >= 0.6 is 0 Å². The number of amides is 1. The highest BCUT2D eigenvalue weighted by Crippen LogP contribution is 2.24. The Morgan fingerprint density at radius 3 is 2.50 bits per heavy atom. The third-order valence-corrected chi connectivity index (χ3v) is 5.62. The second-order valence-corrected chi connectivity index (χ2v) is 7.32. The smallest absolute Gasteiger partial charge is 0.272 e. The molecule has 2 aliphatic rings. The van der Waals surface area contributed by atoms with E-state index in [2.05, 4.69) is 36.7 Å². The normalized spacial score (nSPS) is 20.3. The zero-order chi connectivity index (χ0) is 19.3. The van der Waals surface area contributed by atoms with Crippen molar-refractivity contribution >= 4 is 17.8 Å². The number of rotatable bonds is 4. The molecule has 2 aromatic rings. The Morgan fingerprint density at radius 2 is 1.75 bits per heavy atom. The third kappa shape index (κ3) is 3.90. The van der Waals surface area contributed by atoms with E-state index in [1.54, 1.807) is 30.7 Å². The van der Waals surface area contributed by atoms with Crippen molar-refractivity contribution in [2.75, 3.05) is 42.5 Å². The van der Waals surface area contributed by atoms with Gasteiger partial charge in [0.05, 0.1) is 0 Å². The molecular weight excluding hydrogens is 354 g/mol. The number of hydrogen-bond donors (Lipinski definition) is 0. The van der Waals surface area contributed by atoms with Crippen molar-refractivity contribution in [1.82, 2.24) is 24.8 Å². The quantitative estimate of drug-likeness (QED) is 0.801. The molecule has 148 valence electrons. The first-order valence-electron chi connectivity index (χ1n) is 10.2. The molecule has 2 fully saturated rings. The highest BCUT2D eigenvalue weighted by molar-refractivity contribution is 5.92. The van der Waals surface area contributed by atoms with Gasteiger partial charge in [0.2, 0.25) is 11.9 Å². The summed E-state index contributed by atoms with van der Waals surface area (Å²) < 4.78 is 0. The number of carbonyl (C=O) groups excluding carboxylic acids is 1. The molecule has 0 bridgehead atoms. The number of aromatic nitrogens is 4. The number of piperazine rings is 1. The van der Waals surface area contributed by atoms with E-state index in [0.717, 1.165) is 38.4 Å². The SMILES string of the molecule is CCC1CCCCN1c1nccc(C(=O)N2CCN(c3ncccn3)CC2)n1. The average Bonchev–Trinajstić information content (AvgIpc) is 2.79. The Bertz CT molecular complexity index is 792. The van der Waals surface area contributed by atoms with Crippen LogP contribution in [-0.4, -0.2) is 69.5 Å². The van der Waals surface area contributed by atoms with Gasteiger partial charge < -0.3 is 14.7 Å². The van der Waals surface area contributed by atoms with Crippen LogP contribution in [-0.2, 0) is 0 Å². The minimum absolute atomic E-state index is 0.0256. The molecular formula is C20H27N7O. The molecule has 8 heteroatoms. The Kier molecular flexibility index (Phi) is 5.64. The molecule has 0 radical (unpaired) electrons. The number of piperidine rings is 1. The van der Waals surface area contributed by atoms with Gasteiger partial charge in [-0.1, -0.05) is 6.92 Å². The zero-order valence-electron chi connectivity index (χ0n) is 16.4. The van der Waals surface area contributed by atoms with Gasteiger partial charge in [-0.3, -0.25) is 4.79 Å². The minimum atomic E-state index is -0.0256. The van der Waals surface area contributed by atoms with Crippen LogP contribution in [0.25, 0.3) is 0 Å². The van der Waals surface area contributed by atoms with E-state index < -0.39 is 0 Å². The van der Waals surface area contributed by atoms with Crippen LogP contribution in [0.2, 0.25) is 0 Å². The van der Waals surface area contributed by atoms with Crippen molar-refractivity contribution in [3.8, 4) is 0 Å². The molecule has 1 amide bonds. The summed E-state index contributed by atoms with van der Waals surface area (Å²) in [5.74, 6) is 1.38. The van der Waals surface area contributed by atoms with Crippen LogP contribution in [0, 0.1) is 0 Å². The van der Waals surface area contributed by atoms with Crippen LogP contribution in [0.3, 0.4) is 0 Å². The van der Waals surface area contributed by atoms with Gasteiger partial charge in [0, 0.05) is 57.4 Å². The van der Waals surface area contributed by atoms with Crippen LogP contribution in [0.5, 0.6) is 0 Å². The van der Waals surface area contributed by atoms with E-state index in [9.17, 15) is 4.79 Å². The lowest BCUT2D eigenvalue weighted by molar-refractivity contribution is 0.0740. The Labute approximate surface area is 165 Å². The molecule has 28 heavy (non-hydrogen) atoms. The molecule has 2 aliphatic heterocycles. The highest BCUT2D eigenvalue weighted by Gasteiger charge is 2.27. The van der Waals surface area contributed by atoms with Crippen molar-refractivity contribution in [2.24, 2.45) is 0 Å². The van der Waals surface area contributed by atoms with Gasteiger partial charge in [-0.2, -0.15) is 0 Å². The summed E-state index contributed by atoms with van der Waals surface area (Å²) in [6, 6.07) is 4.00. The number of hydrogen-bond acceptors (Lipinski definition) is 7. The maximum absolute atomic E-state index is 13.0. The highest BCUT2D eigenvalue weighted by atomic mass is 16.2. The summed E-state index contributed by atoms with van der Waals surface area (Å²) >= 11 is 0. The topological polar surface area (TPSA) is 78.4 Å². The molecule has 4 heterocycles. The summed E-state index contributed by atoms with van der Waals surface area (Å²) in [5, 5.41) is 0. The van der Waals surface area contributed by atoms with E-state index >= 15 is 0 Å². The van der Waals surface area contributed by atoms with Crippen molar-refractivity contribution in [3.63, 3.8) is 0 Å². The van der Waals surface area contributed by atoms with Crippen molar-refractivity contribution in [2.45, 2.75) is 38.6 Å². The van der Waals surface area contributed by atoms with Gasteiger partial charge in [-0.15, -0.1) is 0 Å². The lowest BCUT2D eigenvalue weighted by Gasteiger charge is -2.36. The predicted molar refractivity (Wildman–Crippen MR) is 107 cm³/mol. The maximum Gasteiger partial charge on any atom is 0.272 e. The lowest BCUT2D eigenvalue weighted by atomic mass is 10.0. The molecule has 8 nitrogen and oxygen atoms in total. The molecule has 2 saturated heterocycles. The van der Waals surface area contributed by atoms with Gasteiger partial charge in [0.25, 0.3) is 5.91 Å². The van der Waals surface area contributed by atoms with E-state index in [1.807, 2.05) is 4.90 Å². The largest absolute Gasteiger partial charge is 0.338 e. The fourth-order valence-corrected chi connectivity index (χ4v) is 4.02. The van der Waals surface area contributed by atoms with Gasteiger partial charge in [-0.05, 0) is 37.8 Å². The van der Waals surface area contributed by atoms with Gasteiger partial charge in [0.15, 0.2) is 0 Å². The second kappa shape index (κ2) is 8.50. The van der Waals surface area contributed by atoms with Gasteiger partial charge >= 0.3 is 0 Å². The van der Waals surface area contributed by atoms with Crippen LogP contribution in [0.15, 0.2) is 30.7 Å². The molecule has 0 aromatic carbocycles. The Balaban J connectivity index is 1.43. The lowest BCUT2D eigenvalue weighted by Crippen LogP contribution is -2.49. The second-order valence-electron chi connectivity index (χ2n) is 7.32. The van der Waals surface area contributed by atoms with E-state index in [0.29, 0.717) is 30.8 Å². The van der Waals surface area contributed by atoms with Gasteiger partial charge in [-0.25, -0.2) is 19.9 Å². The molecule has 0 spiro atoms. The summed E-state index contributed by atoms with van der Waals surface area (Å²) in [6.07, 6.45) is 9.85. The molecule has 4 rings (SSSR count). The summed E-state index contributed by atoms with van der Waals surface area (Å²) in [7, 11) is 0. The van der Waals surface area contributed by atoms with Crippen molar-refractivity contribution < 1.29 is 4.79 Å². The Morgan fingerprint density at radius 1 is 1.00 bits per heavy atom. The molecule has 1 atom stereocenters. The zero-order valence-corrected chi connectivity index (χ0v) is 16.4. The Hall–Kier alpha value is -2.77. The first kappa shape index (κ1) is 18.6. The van der Waals surface area contributed by atoms with E-state index in [4.69, 9.17) is 0 Å². The summed E-state index contributed by atoms with van der Waals surface area (Å²) in [6.45, 7) is 5.88. The summed E-state index contributed by atoms with van der Waals surface area (Å²) in [5.41, 5.74) is 0.481. The van der Waals surface area contributed by atoms with Crippen molar-refractivity contribution in [1.29, 1.82) is 0 Å². The van der Waals surface area contributed by atoms with E-state index in [1.165, 1.54) is 12.8 Å². The molecule has 2 aromatic heterocycles. The standard InChI is InChI=1S/C20H27N7O/c1-2-16-6-3-4-11-27(16)20-23-10-7-17(24-20)18(28)25-12-14-26(15-13-25)19-21-8-5-9-22-19/h5,7-10,16H,2-4,6,11-15H2,1H3. The van der Waals surface area contributed by atoms with E-state index in [-0.39, 0.29) is 5.91 Å². The third-order valence-electron chi connectivity index (χ3n) is 5.62. The average molecular weight is 381 g/mol. The predicted octanol–water partition coefficient (Wildman–Crippen LogP) is 2.00. The molecule has 0 N–H and O–H groups in total. The van der Waals surface area contributed by atoms with Crippen LogP contribution in [0.4, 0.5) is 11.9 Å². The molecule has 1 unspecified atom stereocenters. The molecule has 0 saturated carbocycles. The number of anilines is 2. The molecule has 0 aliphatic carbocycles. The number of carbonyl (C=O) groups is 1.